The number of hydrogen-bond donors (Lipinski definition) is 1. The van der Waals surface area contributed by atoms with Crippen molar-refractivity contribution in [3.63, 3.8) is 0 Å². The van der Waals surface area contributed by atoms with E-state index in [1.54, 1.807) is 17.0 Å². The first-order chi connectivity index (χ1) is 12.7. The predicted octanol–water partition coefficient (Wildman–Crippen LogP) is 0.727. The first-order valence-corrected chi connectivity index (χ1v) is 8.66. The van der Waals surface area contributed by atoms with Gasteiger partial charge in [0.25, 0.3) is 0 Å². The van der Waals surface area contributed by atoms with Crippen molar-refractivity contribution in [1.29, 1.82) is 0 Å². The van der Waals surface area contributed by atoms with E-state index in [0.29, 0.717) is 57.1 Å². The smallest absolute Gasteiger partial charge is 0.222 e. The fourth-order valence-corrected chi connectivity index (χ4v) is 2.80. The molecule has 1 atom stereocenters. The molecule has 2 aromatic rings. The molecular weight excluding hydrogens is 341 g/mol. The number of aromatic nitrogens is 4. The maximum Gasteiger partial charge on any atom is 0.222 e. The van der Waals surface area contributed by atoms with Crippen LogP contribution >= 0.6 is 0 Å². The molecule has 1 saturated heterocycles. The molecule has 8 nitrogen and oxygen atoms in total. The zero-order valence-electron chi connectivity index (χ0n) is 14.4. The highest BCUT2D eigenvalue weighted by atomic mass is 19.1. The molecule has 0 radical (unpaired) electrons. The van der Waals surface area contributed by atoms with Crippen molar-refractivity contribution in [2.45, 2.75) is 19.4 Å². The molecule has 3 rings (SSSR count). The number of nitrogens with zero attached hydrogens (tertiary/aromatic N) is 5. The predicted molar refractivity (Wildman–Crippen MR) is 90.4 cm³/mol. The molecule has 1 aliphatic heterocycles. The van der Waals surface area contributed by atoms with E-state index in [1.807, 2.05) is 0 Å². The number of carbonyl (C=O) groups is 1. The lowest BCUT2D eigenvalue weighted by Gasteiger charge is -2.22. The molecular formula is C17H22FN5O3. The molecule has 26 heavy (non-hydrogen) atoms. The Morgan fingerprint density at radius 1 is 1.35 bits per heavy atom. The summed E-state index contributed by atoms with van der Waals surface area (Å²) < 4.78 is 18.4. The number of hydrogen-bond acceptors (Lipinski definition) is 6. The van der Waals surface area contributed by atoms with E-state index in [9.17, 15) is 14.3 Å². The number of amides is 1. The third-order valence-electron chi connectivity index (χ3n) is 4.25. The van der Waals surface area contributed by atoms with Gasteiger partial charge in [0.1, 0.15) is 5.82 Å². The molecule has 1 aromatic carbocycles. The van der Waals surface area contributed by atoms with Crippen molar-refractivity contribution in [3.8, 4) is 11.4 Å². The second-order valence-corrected chi connectivity index (χ2v) is 6.28. The van der Waals surface area contributed by atoms with E-state index in [4.69, 9.17) is 4.74 Å². The van der Waals surface area contributed by atoms with Crippen LogP contribution in [0.4, 0.5) is 4.39 Å². The monoisotopic (exact) mass is 363 g/mol. The standard InChI is InChI=1S/C17H22FN5O3/c18-15-5-3-14(4-6-15)17-19-21-23(20-17)7-1-2-16(25)22-8-9-26-12-13(10-22)11-24/h3-6,13,24H,1-2,7-12H2/t13-/m0/s1. The molecule has 0 unspecified atom stereocenters. The van der Waals surface area contributed by atoms with Crippen molar-refractivity contribution in [2.75, 3.05) is 32.9 Å². The minimum Gasteiger partial charge on any atom is -0.396 e. The van der Waals surface area contributed by atoms with Crippen LogP contribution in [-0.4, -0.2) is 69.0 Å². The molecule has 0 aliphatic carbocycles. The Labute approximate surface area is 150 Å². The topological polar surface area (TPSA) is 93.4 Å². The summed E-state index contributed by atoms with van der Waals surface area (Å²) in [5, 5.41) is 21.5. The van der Waals surface area contributed by atoms with E-state index in [2.05, 4.69) is 15.4 Å². The molecule has 1 amide bonds. The Morgan fingerprint density at radius 3 is 2.92 bits per heavy atom. The number of ether oxygens (including phenoxy) is 1. The average Bonchev–Trinajstić information content (AvgIpc) is 2.98. The van der Waals surface area contributed by atoms with Crippen molar-refractivity contribution in [1.82, 2.24) is 25.1 Å². The van der Waals surface area contributed by atoms with Crippen LogP contribution in [0.2, 0.25) is 0 Å². The molecule has 140 valence electrons. The Kier molecular flexibility index (Phi) is 6.24. The summed E-state index contributed by atoms with van der Waals surface area (Å²) in [5.74, 6) is 0.110. The molecule has 0 bridgehead atoms. The van der Waals surface area contributed by atoms with E-state index in [1.165, 1.54) is 16.9 Å². The summed E-state index contributed by atoms with van der Waals surface area (Å²) >= 11 is 0. The second kappa shape index (κ2) is 8.81. The van der Waals surface area contributed by atoms with Gasteiger partial charge in [-0.15, -0.1) is 10.2 Å². The summed E-state index contributed by atoms with van der Waals surface area (Å²) in [6.45, 7) is 2.52. The fourth-order valence-electron chi connectivity index (χ4n) is 2.80. The second-order valence-electron chi connectivity index (χ2n) is 6.28. The number of aliphatic hydroxyl groups excluding tert-OH is 1. The highest BCUT2D eigenvalue weighted by Crippen LogP contribution is 2.14. The lowest BCUT2D eigenvalue weighted by Crippen LogP contribution is -2.36. The van der Waals surface area contributed by atoms with Crippen LogP contribution in [0.25, 0.3) is 11.4 Å². The Bertz CT molecular complexity index is 721. The molecule has 2 heterocycles. The van der Waals surface area contributed by atoms with E-state index in [-0.39, 0.29) is 24.2 Å². The highest BCUT2D eigenvalue weighted by molar-refractivity contribution is 5.76. The number of benzene rings is 1. The number of carbonyl (C=O) groups excluding carboxylic acids is 1. The number of rotatable bonds is 6. The van der Waals surface area contributed by atoms with Crippen LogP contribution in [0.5, 0.6) is 0 Å². The van der Waals surface area contributed by atoms with Gasteiger partial charge >= 0.3 is 0 Å². The summed E-state index contributed by atoms with van der Waals surface area (Å²) in [4.78, 5) is 15.5. The van der Waals surface area contributed by atoms with Crippen molar-refractivity contribution >= 4 is 5.91 Å². The first-order valence-electron chi connectivity index (χ1n) is 8.66. The SMILES string of the molecule is O=C(CCCn1nnc(-c2ccc(F)cc2)n1)N1CCOC[C@H](CO)C1. The number of aryl methyl sites for hydroxylation is 1. The lowest BCUT2D eigenvalue weighted by atomic mass is 10.1. The van der Waals surface area contributed by atoms with Crippen LogP contribution in [-0.2, 0) is 16.1 Å². The summed E-state index contributed by atoms with van der Waals surface area (Å²) in [7, 11) is 0. The number of tetrazole rings is 1. The molecule has 1 aromatic heterocycles. The first kappa shape index (κ1) is 18.4. The quantitative estimate of drug-likeness (QED) is 0.813. The largest absolute Gasteiger partial charge is 0.396 e. The van der Waals surface area contributed by atoms with E-state index >= 15 is 0 Å². The third kappa shape index (κ3) is 4.83. The van der Waals surface area contributed by atoms with Gasteiger partial charge in [0, 0.05) is 37.6 Å². The van der Waals surface area contributed by atoms with Gasteiger partial charge in [-0.25, -0.2) is 4.39 Å². The van der Waals surface area contributed by atoms with Gasteiger partial charge in [-0.1, -0.05) is 0 Å². The fraction of sp³-hybridized carbons (Fsp3) is 0.529. The van der Waals surface area contributed by atoms with E-state index < -0.39 is 0 Å². The van der Waals surface area contributed by atoms with Crippen LogP contribution in [0.1, 0.15) is 12.8 Å². The maximum absolute atomic E-state index is 13.0. The third-order valence-corrected chi connectivity index (χ3v) is 4.25. The zero-order chi connectivity index (χ0) is 18.4. The highest BCUT2D eigenvalue weighted by Gasteiger charge is 2.21. The minimum absolute atomic E-state index is 0.0127. The van der Waals surface area contributed by atoms with Crippen molar-refractivity contribution < 1.29 is 19.0 Å². The van der Waals surface area contributed by atoms with Crippen LogP contribution in [0.15, 0.2) is 24.3 Å². The van der Waals surface area contributed by atoms with Gasteiger partial charge in [-0.2, -0.15) is 4.80 Å². The van der Waals surface area contributed by atoms with Crippen LogP contribution in [0, 0.1) is 11.7 Å². The van der Waals surface area contributed by atoms with Gasteiger partial charge in [0.05, 0.1) is 19.8 Å². The molecule has 0 saturated carbocycles. The van der Waals surface area contributed by atoms with Gasteiger partial charge < -0.3 is 14.7 Å². The normalized spacial score (nSPS) is 17.9. The van der Waals surface area contributed by atoms with Gasteiger partial charge in [0.2, 0.25) is 11.7 Å². The zero-order valence-corrected chi connectivity index (χ0v) is 14.4. The van der Waals surface area contributed by atoms with Crippen LogP contribution in [0.3, 0.4) is 0 Å². The number of aliphatic hydroxyl groups is 1. The molecule has 1 aliphatic rings. The maximum atomic E-state index is 13.0. The van der Waals surface area contributed by atoms with Crippen molar-refractivity contribution in [2.24, 2.45) is 5.92 Å². The summed E-state index contributed by atoms with van der Waals surface area (Å²) in [5.41, 5.74) is 0.688. The Balaban J connectivity index is 1.48. The minimum atomic E-state index is -0.318. The number of halogens is 1. The molecule has 1 N–H and O–H groups in total. The van der Waals surface area contributed by atoms with Crippen LogP contribution < -0.4 is 0 Å². The van der Waals surface area contributed by atoms with E-state index in [0.717, 1.165) is 0 Å². The Hall–Kier alpha value is -2.39. The van der Waals surface area contributed by atoms with Gasteiger partial charge in [0.15, 0.2) is 0 Å². The average molecular weight is 363 g/mol. The molecule has 9 heteroatoms. The van der Waals surface area contributed by atoms with Gasteiger partial charge in [-0.3, -0.25) is 4.79 Å². The van der Waals surface area contributed by atoms with Gasteiger partial charge in [-0.05, 0) is 35.9 Å². The lowest BCUT2D eigenvalue weighted by molar-refractivity contribution is -0.131. The summed E-state index contributed by atoms with van der Waals surface area (Å²) in [6.07, 6.45) is 0.949. The summed E-state index contributed by atoms with van der Waals surface area (Å²) in [6, 6.07) is 5.89. The van der Waals surface area contributed by atoms with Crippen molar-refractivity contribution in [3.05, 3.63) is 30.1 Å². The Morgan fingerprint density at radius 2 is 2.15 bits per heavy atom. The molecule has 1 fully saturated rings. The molecule has 0 spiro atoms.